The first-order valence-corrected chi connectivity index (χ1v) is 12.5. The van der Waals surface area contributed by atoms with Gasteiger partial charge in [-0.2, -0.15) is 5.26 Å². The number of nitriles is 1. The van der Waals surface area contributed by atoms with E-state index in [1.165, 1.54) is 37.6 Å². The maximum absolute atomic E-state index is 12.8. The molecule has 1 aliphatic rings. The van der Waals surface area contributed by atoms with Crippen LogP contribution in [0.25, 0.3) is 0 Å². The number of hydrogen-bond donors (Lipinski definition) is 1. The van der Waals surface area contributed by atoms with Gasteiger partial charge in [-0.05, 0) is 35.9 Å². The highest BCUT2D eigenvalue weighted by atomic mass is 32.2. The van der Waals surface area contributed by atoms with Gasteiger partial charge in [-0.1, -0.05) is 12.1 Å². The van der Waals surface area contributed by atoms with E-state index < -0.39 is 14.9 Å². The van der Waals surface area contributed by atoms with E-state index in [-0.39, 0.29) is 16.3 Å². The zero-order valence-corrected chi connectivity index (χ0v) is 20.3. The van der Waals surface area contributed by atoms with Gasteiger partial charge in [0.25, 0.3) is 15.7 Å². The Bertz CT molecular complexity index is 1400. The van der Waals surface area contributed by atoms with Gasteiger partial charge >= 0.3 is 0 Å². The van der Waals surface area contributed by atoms with E-state index in [0.29, 0.717) is 49.9 Å². The van der Waals surface area contributed by atoms with Gasteiger partial charge < -0.3 is 9.64 Å². The molecule has 36 heavy (non-hydrogen) atoms. The Morgan fingerprint density at radius 3 is 2.56 bits per heavy atom. The van der Waals surface area contributed by atoms with Crippen LogP contribution in [0.3, 0.4) is 0 Å². The van der Waals surface area contributed by atoms with Crippen molar-refractivity contribution in [3.05, 3.63) is 82.0 Å². The van der Waals surface area contributed by atoms with Crippen LogP contribution in [0, 0.1) is 21.4 Å². The van der Waals surface area contributed by atoms with Crippen molar-refractivity contribution in [2.75, 3.05) is 42.9 Å². The summed E-state index contributed by atoms with van der Waals surface area (Å²) in [6, 6.07) is 16.5. The number of methoxy groups -OCH3 is 1. The lowest BCUT2D eigenvalue weighted by molar-refractivity contribution is -0.384. The highest BCUT2D eigenvalue weighted by Crippen LogP contribution is 2.32. The molecule has 0 amide bonds. The minimum atomic E-state index is -4.07. The Balaban J connectivity index is 1.47. The van der Waals surface area contributed by atoms with E-state index in [1.807, 2.05) is 23.1 Å². The summed E-state index contributed by atoms with van der Waals surface area (Å²) in [5.41, 5.74) is 1.94. The number of nitrogens with one attached hydrogen (secondary N) is 1. The molecule has 186 valence electrons. The number of benzene rings is 2. The van der Waals surface area contributed by atoms with Gasteiger partial charge in [-0.3, -0.25) is 19.7 Å². The molecule has 2 heterocycles. The molecule has 2 aromatic carbocycles. The molecule has 1 aliphatic heterocycles. The third-order valence-electron chi connectivity index (χ3n) is 5.83. The van der Waals surface area contributed by atoms with Crippen LogP contribution >= 0.6 is 0 Å². The van der Waals surface area contributed by atoms with Gasteiger partial charge in [0.1, 0.15) is 5.69 Å². The number of pyridine rings is 1. The Morgan fingerprint density at radius 1 is 1.14 bits per heavy atom. The van der Waals surface area contributed by atoms with Crippen LogP contribution in [0.15, 0.2) is 65.7 Å². The number of nitrogens with zero attached hydrogens (tertiary/aromatic N) is 5. The zero-order valence-electron chi connectivity index (χ0n) is 19.5. The van der Waals surface area contributed by atoms with Crippen LogP contribution in [0.2, 0.25) is 0 Å². The lowest BCUT2D eigenvalue weighted by Gasteiger charge is -2.35. The van der Waals surface area contributed by atoms with Gasteiger partial charge in [0.15, 0.2) is 0 Å². The summed E-state index contributed by atoms with van der Waals surface area (Å²) >= 11 is 0. The second kappa shape index (κ2) is 10.6. The van der Waals surface area contributed by atoms with Crippen molar-refractivity contribution in [2.45, 2.75) is 11.4 Å². The molecular formula is C24H24N6O5S. The fourth-order valence-corrected chi connectivity index (χ4v) is 5.07. The minimum Gasteiger partial charge on any atom is -0.481 e. The predicted octanol–water partition coefficient (Wildman–Crippen LogP) is 2.99. The number of piperazine rings is 1. The summed E-state index contributed by atoms with van der Waals surface area (Å²) in [4.78, 5) is 19.1. The SMILES string of the molecule is COc1ccc(NS(=O)(=O)c2ccc(N3CCN(Cc4cccc(C#N)c4)CC3)c([N+](=O)[O-])c2)cn1. The molecule has 0 radical (unpaired) electrons. The fraction of sp³-hybridized carbons (Fsp3) is 0.250. The molecule has 1 fully saturated rings. The number of sulfonamides is 1. The van der Waals surface area contributed by atoms with Gasteiger partial charge in [0.2, 0.25) is 5.88 Å². The van der Waals surface area contributed by atoms with Gasteiger partial charge in [-0.15, -0.1) is 0 Å². The van der Waals surface area contributed by atoms with Gasteiger partial charge in [-0.25, -0.2) is 13.4 Å². The lowest BCUT2D eigenvalue weighted by atomic mass is 10.1. The number of nitro groups is 1. The highest BCUT2D eigenvalue weighted by Gasteiger charge is 2.27. The third-order valence-corrected chi connectivity index (χ3v) is 7.21. The van der Waals surface area contributed by atoms with E-state index in [0.717, 1.165) is 11.6 Å². The summed E-state index contributed by atoms with van der Waals surface area (Å²) in [7, 11) is -2.62. The average Bonchev–Trinajstić information content (AvgIpc) is 2.89. The van der Waals surface area contributed by atoms with Crippen LogP contribution in [0.1, 0.15) is 11.1 Å². The van der Waals surface area contributed by atoms with E-state index >= 15 is 0 Å². The van der Waals surface area contributed by atoms with Crippen molar-refractivity contribution in [1.29, 1.82) is 5.26 Å². The molecule has 0 atom stereocenters. The summed E-state index contributed by atoms with van der Waals surface area (Å²) in [5, 5.41) is 20.9. The normalized spacial score (nSPS) is 14.2. The van der Waals surface area contributed by atoms with Crippen molar-refractivity contribution in [2.24, 2.45) is 0 Å². The summed E-state index contributed by atoms with van der Waals surface area (Å²) in [6.45, 7) is 3.09. The van der Waals surface area contributed by atoms with Gasteiger partial charge in [0, 0.05) is 44.9 Å². The first-order chi connectivity index (χ1) is 17.3. The first-order valence-electron chi connectivity index (χ1n) is 11.1. The maximum atomic E-state index is 12.8. The number of nitro benzene ring substituents is 1. The largest absolute Gasteiger partial charge is 0.481 e. The first kappa shape index (κ1) is 24.9. The van der Waals surface area contributed by atoms with Crippen LogP contribution < -0.4 is 14.4 Å². The Kier molecular flexibility index (Phi) is 7.33. The fourth-order valence-electron chi connectivity index (χ4n) is 4.00. The molecule has 4 rings (SSSR count). The molecule has 11 nitrogen and oxygen atoms in total. The molecular weight excluding hydrogens is 484 g/mol. The number of aromatic nitrogens is 1. The van der Waals surface area contributed by atoms with Crippen molar-refractivity contribution in [3.63, 3.8) is 0 Å². The minimum absolute atomic E-state index is 0.207. The number of rotatable bonds is 8. The van der Waals surface area contributed by atoms with Crippen molar-refractivity contribution in [3.8, 4) is 11.9 Å². The summed E-state index contributed by atoms with van der Waals surface area (Å²) in [6.07, 6.45) is 1.30. The third kappa shape index (κ3) is 5.70. The standard InChI is InChI=1S/C24H24N6O5S/c1-35-24-8-5-20(16-26-24)27-36(33,34)21-6-7-22(23(14-21)30(31)32)29-11-9-28(10-12-29)17-19-4-2-3-18(13-19)15-25/h2-8,13-14,16,27H,9-12,17H2,1H3. The van der Waals surface area contributed by atoms with Crippen molar-refractivity contribution >= 4 is 27.1 Å². The lowest BCUT2D eigenvalue weighted by Crippen LogP contribution is -2.46. The molecule has 0 spiro atoms. The van der Waals surface area contributed by atoms with Crippen LogP contribution in [-0.2, 0) is 16.6 Å². The van der Waals surface area contributed by atoms with E-state index in [1.54, 1.807) is 6.07 Å². The zero-order chi connectivity index (χ0) is 25.7. The molecule has 0 aliphatic carbocycles. The van der Waals surface area contributed by atoms with E-state index in [2.05, 4.69) is 20.7 Å². The topological polar surface area (TPSA) is 142 Å². The summed E-state index contributed by atoms with van der Waals surface area (Å²) in [5.74, 6) is 0.328. The molecule has 0 unspecified atom stereocenters. The van der Waals surface area contributed by atoms with Crippen LogP contribution in [0.4, 0.5) is 17.1 Å². The maximum Gasteiger partial charge on any atom is 0.293 e. The quantitative estimate of drug-likeness (QED) is 0.359. The highest BCUT2D eigenvalue weighted by molar-refractivity contribution is 7.92. The smallest absolute Gasteiger partial charge is 0.293 e. The number of hydrogen-bond acceptors (Lipinski definition) is 9. The second-order valence-corrected chi connectivity index (χ2v) is 9.86. The summed E-state index contributed by atoms with van der Waals surface area (Å²) < 4.78 is 33.0. The van der Waals surface area contributed by atoms with Crippen LogP contribution in [0.5, 0.6) is 5.88 Å². The van der Waals surface area contributed by atoms with E-state index in [4.69, 9.17) is 10.00 Å². The molecule has 1 aromatic heterocycles. The number of ether oxygens (including phenoxy) is 1. The molecule has 12 heteroatoms. The second-order valence-electron chi connectivity index (χ2n) is 8.18. The Morgan fingerprint density at radius 2 is 1.92 bits per heavy atom. The average molecular weight is 509 g/mol. The molecule has 1 N–H and O–H groups in total. The van der Waals surface area contributed by atoms with E-state index in [9.17, 15) is 18.5 Å². The van der Waals surface area contributed by atoms with Gasteiger partial charge in [0.05, 0.1) is 40.4 Å². The Labute approximate surface area is 208 Å². The van der Waals surface area contributed by atoms with Crippen LogP contribution in [-0.4, -0.2) is 56.5 Å². The molecule has 1 saturated heterocycles. The van der Waals surface area contributed by atoms with Crippen molar-refractivity contribution < 1.29 is 18.1 Å². The monoisotopic (exact) mass is 508 g/mol. The van der Waals surface area contributed by atoms with Crippen molar-refractivity contribution in [1.82, 2.24) is 9.88 Å². The molecule has 0 saturated carbocycles. The Hall–Kier alpha value is -4.21. The number of anilines is 2. The molecule has 3 aromatic rings. The molecule has 0 bridgehead atoms. The predicted molar refractivity (Wildman–Crippen MR) is 133 cm³/mol.